The number of carbonyl (C=O) groups is 2. The first-order chi connectivity index (χ1) is 10.7. The molecule has 0 aliphatic carbocycles. The van der Waals surface area contributed by atoms with Gasteiger partial charge in [0.2, 0.25) is 0 Å². The highest BCUT2D eigenvalue weighted by Gasteiger charge is 2.48. The first kappa shape index (κ1) is 16.9. The number of nitrogens with two attached hydrogens (primary N) is 1. The number of anilines is 1. The van der Waals surface area contributed by atoms with E-state index in [9.17, 15) is 14.4 Å². The molecule has 2 heterocycles. The van der Waals surface area contributed by atoms with Crippen LogP contribution in [-0.4, -0.2) is 39.8 Å². The smallest absolute Gasteiger partial charge is 0.351 e. The van der Waals surface area contributed by atoms with Crippen molar-refractivity contribution in [1.29, 1.82) is 0 Å². The van der Waals surface area contributed by atoms with Gasteiger partial charge in [-0.05, 0) is 13.8 Å². The second-order valence-electron chi connectivity index (χ2n) is 5.38. The third-order valence-corrected chi connectivity index (χ3v) is 3.47. The maximum Gasteiger partial charge on any atom is 0.351 e. The maximum absolute atomic E-state index is 12.1. The first-order valence-electron chi connectivity index (χ1n) is 7.06. The molecule has 1 saturated heterocycles. The van der Waals surface area contributed by atoms with E-state index in [1.165, 1.54) is 24.6 Å². The molecule has 4 atom stereocenters. The lowest BCUT2D eigenvalue weighted by Gasteiger charge is -2.23. The first-order valence-corrected chi connectivity index (χ1v) is 7.06. The lowest BCUT2D eigenvalue weighted by molar-refractivity contribution is -0.165. The van der Waals surface area contributed by atoms with E-state index < -0.39 is 42.2 Å². The Kier molecular flexibility index (Phi) is 4.69. The maximum atomic E-state index is 12.1. The standard InChI is InChI=1S/C14H19N3O6/c1-6-5-17(14(20)16-12(6)15)13-11(23-9(4)19)10(7(2)21-13)22-8(3)18/h5,7,10-11,13H,1-4H3,(H2,15,16,20)/t7-,10-,11-,13-/m1/s1. The van der Waals surface area contributed by atoms with Gasteiger partial charge in [0.15, 0.2) is 18.4 Å². The number of nitrogens with zero attached hydrogens (tertiary/aromatic N) is 2. The van der Waals surface area contributed by atoms with E-state index in [0.29, 0.717) is 5.56 Å². The average molecular weight is 325 g/mol. The highest BCUT2D eigenvalue weighted by Crippen LogP contribution is 2.33. The predicted molar refractivity (Wildman–Crippen MR) is 78.3 cm³/mol. The van der Waals surface area contributed by atoms with Crippen LogP contribution in [0.15, 0.2) is 11.0 Å². The monoisotopic (exact) mass is 325 g/mol. The SMILES string of the molecule is CC(=O)O[C@@H]1[C@H](OC(C)=O)[C@@H](C)O[C@H]1n1cc(C)c(N)nc1=O. The molecule has 0 saturated carbocycles. The third kappa shape index (κ3) is 3.50. The zero-order valence-electron chi connectivity index (χ0n) is 13.3. The Morgan fingerprint density at radius 2 is 1.83 bits per heavy atom. The number of hydrogen-bond donors (Lipinski definition) is 1. The molecule has 2 N–H and O–H groups in total. The molecule has 1 aliphatic heterocycles. The fourth-order valence-electron chi connectivity index (χ4n) is 2.46. The third-order valence-electron chi connectivity index (χ3n) is 3.47. The molecule has 0 bridgehead atoms. The molecule has 0 amide bonds. The van der Waals surface area contributed by atoms with Crippen LogP contribution in [-0.2, 0) is 23.8 Å². The van der Waals surface area contributed by atoms with Crippen LogP contribution in [0.1, 0.15) is 32.6 Å². The quantitative estimate of drug-likeness (QED) is 0.765. The summed E-state index contributed by atoms with van der Waals surface area (Å²) in [5.74, 6) is -1.01. The molecule has 2 rings (SSSR count). The topological polar surface area (TPSA) is 123 Å². The van der Waals surface area contributed by atoms with Crippen molar-refractivity contribution in [3.63, 3.8) is 0 Å². The van der Waals surface area contributed by atoms with Gasteiger partial charge in [0.25, 0.3) is 0 Å². The second-order valence-corrected chi connectivity index (χ2v) is 5.38. The van der Waals surface area contributed by atoms with E-state index in [1.807, 2.05) is 0 Å². The molecule has 9 heteroatoms. The zero-order chi connectivity index (χ0) is 17.3. The molecule has 1 aliphatic rings. The van der Waals surface area contributed by atoms with Crippen LogP contribution in [0.25, 0.3) is 0 Å². The minimum Gasteiger partial charge on any atom is -0.456 e. The molecular formula is C14H19N3O6. The van der Waals surface area contributed by atoms with Crippen molar-refractivity contribution < 1.29 is 23.8 Å². The molecular weight excluding hydrogens is 306 g/mol. The number of esters is 2. The van der Waals surface area contributed by atoms with Crippen molar-refractivity contribution in [1.82, 2.24) is 9.55 Å². The minimum atomic E-state index is -0.964. The highest BCUT2D eigenvalue weighted by molar-refractivity contribution is 5.67. The molecule has 1 aromatic rings. The van der Waals surface area contributed by atoms with Gasteiger partial charge in [0.05, 0.1) is 6.10 Å². The van der Waals surface area contributed by atoms with Crippen LogP contribution in [0.5, 0.6) is 0 Å². The summed E-state index contributed by atoms with van der Waals surface area (Å²) in [6.07, 6.45) is -1.86. The van der Waals surface area contributed by atoms with Crippen LogP contribution in [0.2, 0.25) is 0 Å². The molecule has 9 nitrogen and oxygen atoms in total. The van der Waals surface area contributed by atoms with Gasteiger partial charge in [0, 0.05) is 25.6 Å². The van der Waals surface area contributed by atoms with Gasteiger partial charge in [-0.2, -0.15) is 4.98 Å². The van der Waals surface area contributed by atoms with E-state index in [0.717, 1.165) is 0 Å². The van der Waals surface area contributed by atoms with Gasteiger partial charge in [-0.25, -0.2) is 4.79 Å². The number of aromatic nitrogens is 2. The van der Waals surface area contributed by atoms with Crippen molar-refractivity contribution in [3.8, 4) is 0 Å². The van der Waals surface area contributed by atoms with E-state index in [4.69, 9.17) is 19.9 Å². The van der Waals surface area contributed by atoms with Crippen LogP contribution in [0, 0.1) is 6.92 Å². The number of rotatable bonds is 3. The average Bonchev–Trinajstić information content (AvgIpc) is 2.70. The molecule has 0 aromatic carbocycles. The van der Waals surface area contributed by atoms with E-state index in [2.05, 4.69) is 4.98 Å². The molecule has 1 aromatic heterocycles. The van der Waals surface area contributed by atoms with E-state index in [-0.39, 0.29) is 5.82 Å². The van der Waals surface area contributed by atoms with Crippen molar-refractivity contribution in [2.75, 3.05) is 5.73 Å². The zero-order valence-corrected chi connectivity index (χ0v) is 13.3. The van der Waals surface area contributed by atoms with E-state index in [1.54, 1.807) is 13.8 Å². The Labute approximate surface area is 132 Å². The summed E-state index contributed by atoms with van der Waals surface area (Å²) in [7, 11) is 0. The number of aryl methyl sites for hydroxylation is 1. The summed E-state index contributed by atoms with van der Waals surface area (Å²) in [6.45, 7) is 5.81. The van der Waals surface area contributed by atoms with Gasteiger partial charge < -0.3 is 19.9 Å². The van der Waals surface area contributed by atoms with Crippen LogP contribution in [0.3, 0.4) is 0 Å². The van der Waals surface area contributed by atoms with Crippen LogP contribution in [0.4, 0.5) is 5.82 Å². The number of carbonyl (C=O) groups excluding carboxylic acids is 2. The minimum absolute atomic E-state index is 0.109. The van der Waals surface area contributed by atoms with Crippen LogP contribution < -0.4 is 11.4 Å². The number of hydrogen-bond acceptors (Lipinski definition) is 8. The van der Waals surface area contributed by atoms with E-state index >= 15 is 0 Å². The van der Waals surface area contributed by atoms with Crippen molar-refractivity contribution in [2.45, 2.75) is 52.2 Å². The predicted octanol–water partition coefficient (Wildman–Crippen LogP) is -0.0854. The molecule has 1 fully saturated rings. The summed E-state index contributed by atoms with van der Waals surface area (Å²) >= 11 is 0. The molecule has 23 heavy (non-hydrogen) atoms. The van der Waals surface area contributed by atoms with Crippen molar-refractivity contribution >= 4 is 17.8 Å². The summed E-state index contributed by atoms with van der Waals surface area (Å²) in [4.78, 5) is 38.4. The second kappa shape index (κ2) is 6.37. The Bertz CT molecular complexity index is 686. The molecule has 0 radical (unpaired) electrons. The number of ether oxygens (including phenoxy) is 3. The summed E-state index contributed by atoms with van der Waals surface area (Å²) < 4.78 is 17.3. The summed E-state index contributed by atoms with van der Waals surface area (Å²) in [5.41, 5.74) is 5.52. The highest BCUT2D eigenvalue weighted by atomic mass is 16.6. The Morgan fingerprint density at radius 3 is 2.39 bits per heavy atom. The lowest BCUT2D eigenvalue weighted by Crippen LogP contribution is -2.40. The van der Waals surface area contributed by atoms with Gasteiger partial charge in [-0.15, -0.1) is 0 Å². The molecule has 126 valence electrons. The largest absolute Gasteiger partial charge is 0.456 e. The molecule has 0 spiro atoms. The van der Waals surface area contributed by atoms with Gasteiger partial charge in [-0.3, -0.25) is 14.2 Å². The van der Waals surface area contributed by atoms with Crippen molar-refractivity contribution in [3.05, 3.63) is 22.2 Å². The van der Waals surface area contributed by atoms with Gasteiger partial charge >= 0.3 is 17.6 Å². The Hall–Kier alpha value is -2.42. The Balaban J connectivity index is 2.43. The molecule has 0 unspecified atom stereocenters. The number of nitrogen functional groups attached to an aromatic ring is 1. The Morgan fingerprint density at radius 1 is 1.26 bits per heavy atom. The van der Waals surface area contributed by atoms with Crippen molar-refractivity contribution in [2.24, 2.45) is 0 Å². The van der Waals surface area contributed by atoms with Gasteiger partial charge in [-0.1, -0.05) is 0 Å². The summed E-state index contributed by atoms with van der Waals surface area (Å²) in [5, 5.41) is 0. The van der Waals surface area contributed by atoms with Gasteiger partial charge in [0.1, 0.15) is 5.82 Å². The normalized spacial score (nSPS) is 26.8. The fraction of sp³-hybridized carbons (Fsp3) is 0.571. The fourth-order valence-corrected chi connectivity index (χ4v) is 2.46. The lowest BCUT2D eigenvalue weighted by atomic mass is 10.1. The van der Waals surface area contributed by atoms with Crippen LogP contribution >= 0.6 is 0 Å². The summed E-state index contributed by atoms with van der Waals surface area (Å²) in [6, 6.07) is 0.